The molecule has 8 heteroatoms. The van der Waals surface area contributed by atoms with E-state index in [-0.39, 0.29) is 6.61 Å². The molecule has 0 aromatic heterocycles. The zero-order valence-electron chi connectivity index (χ0n) is 12.0. The summed E-state index contributed by atoms with van der Waals surface area (Å²) in [5, 5.41) is 0. The average Bonchev–Trinajstić information content (AvgIpc) is 2.90. The standard InChI is InChI=1S/C13H17NO7/c1-6(15)18-4-9-11-10(14-5-19-11)13(21-8(3)17)12(9)20-7(2)16/h5,9-13H,4H2,1-3H3. The third kappa shape index (κ3) is 3.32. The van der Waals surface area contributed by atoms with Crippen molar-refractivity contribution in [3.8, 4) is 0 Å². The van der Waals surface area contributed by atoms with Crippen molar-refractivity contribution < 1.29 is 33.3 Å². The van der Waals surface area contributed by atoms with Gasteiger partial charge in [-0.15, -0.1) is 0 Å². The summed E-state index contributed by atoms with van der Waals surface area (Å²) in [6, 6.07) is -0.473. The Labute approximate surface area is 121 Å². The molecule has 0 amide bonds. The number of carbonyl (C=O) groups is 3. The third-order valence-corrected chi connectivity index (χ3v) is 3.38. The quantitative estimate of drug-likeness (QED) is 0.525. The molecule has 0 aromatic rings. The number of hydrogen-bond donors (Lipinski definition) is 0. The van der Waals surface area contributed by atoms with Gasteiger partial charge in [-0.2, -0.15) is 0 Å². The van der Waals surface area contributed by atoms with Crippen molar-refractivity contribution >= 4 is 24.3 Å². The molecule has 0 aromatic carbocycles. The minimum atomic E-state index is -0.766. The predicted molar refractivity (Wildman–Crippen MR) is 68.4 cm³/mol. The lowest BCUT2D eigenvalue weighted by Crippen LogP contribution is -2.39. The van der Waals surface area contributed by atoms with Gasteiger partial charge in [-0.05, 0) is 0 Å². The number of carbonyl (C=O) groups excluding carboxylic acids is 3. The van der Waals surface area contributed by atoms with Crippen molar-refractivity contribution in [3.63, 3.8) is 0 Å². The highest BCUT2D eigenvalue weighted by Crippen LogP contribution is 2.38. The van der Waals surface area contributed by atoms with E-state index in [1.54, 1.807) is 0 Å². The van der Waals surface area contributed by atoms with E-state index in [1.807, 2.05) is 0 Å². The van der Waals surface area contributed by atoms with E-state index in [0.717, 1.165) is 0 Å². The summed E-state index contributed by atoms with van der Waals surface area (Å²) in [7, 11) is 0. The molecule has 1 heterocycles. The molecule has 1 saturated carbocycles. The first-order chi connectivity index (χ1) is 9.90. The second-order valence-corrected chi connectivity index (χ2v) is 4.96. The van der Waals surface area contributed by atoms with E-state index in [2.05, 4.69) is 4.99 Å². The summed E-state index contributed by atoms with van der Waals surface area (Å²) in [5.74, 6) is -1.93. The number of rotatable bonds is 4. The fraction of sp³-hybridized carbons (Fsp3) is 0.692. The van der Waals surface area contributed by atoms with Gasteiger partial charge in [0.05, 0.1) is 5.92 Å². The zero-order chi connectivity index (χ0) is 15.6. The molecule has 5 unspecified atom stereocenters. The van der Waals surface area contributed by atoms with Crippen LogP contribution < -0.4 is 0 Å². The van der Waals surface area contributed by atoms with E-state index < -0.39 is 48.2 Å². The van der Waals surface area contributed by atoms with Gasteiger partial charge in [-0.3, -0.25) is 14.4 Å². The van der Waals surface area contributed by atoms with Crippen molar-refractivity contribution in [2.24, 2.45) is 10.9 Å². The first kappa shape index (κ1) is 15.3. The Balaban J connectivity index is 2.21. The van der Waals surface area contributed by atoms with Gasteiger partial charge < -0.3 is 18.9 Å². The molecule has 0 radical (unpaired) electrons. The molecule has 5 atom stereocenters. The van der Waals surface area contributed by atoms with Crippen molar-refractivity contribution in [2.75, 3.05) is 6.61 Å². The van der Waals surface area contributed by atoms with Crippen molar-refractivity contribution in [1.82, 2.24) is 0 Å². The largest absolute Gasteiger partial charge is 0.477 e. The van der Waals surface area contributed by atoms with Gasteiger partial charge in [0.25, 0.3) is 0 Å². The Hall–Kier alpha value is -2.12. The van der Waals surface area contributed by atoms with Crippen LogP contribution in [0.5, 0.6) is 0 Å². The van der Waals surface area contributed by atoms with E-state index in [1.165, 1.54) is 27.2 Å². The Kier molecular flexibility index (Phi) is 4.44. The summed E-state index contributed by atoms with van der Waals surface area (Å²) in [6.45, 7) is 3.79. The van der Waals surface area contributed by atoms with Gasteiger partial charge in [0, 0.05) is 20.8 Å². The van der Waals surface area contributed by atoms with Crippen LogP contribution >= 0.6 is 0 Å². The minimum absolute atomic E-state index is 0.00439. The lowest BCUT2D eigenvalue weighted by molar-refractivity contribution is -0.168. The molecule has 116 valence electrons. The summed E-state index contributed by atoms with van der Waals surface area (Å²) in [6.07, 6.45) is -0.705. The molecule has 0 bridgehead atoms. The number of esters is 3. The molecule has 1 fully saturated rings. The van der Waals surface area contributed by atoms with Crippen LogP contribution in [0.2, 0.25) is 0 Å². The van der Waals surface area contributed by atoms with E-state index in [9.17, 15) is 14.4 Å². The molecular weight excluding hydrogens is 282 g/mol. The number of hydrogen-bond acceptors (Lipinski definition) is 8. The SMILES string of the molecule is CC(=O)OCC1C2OC=NC2C(OC(C)=O)C1OC(C)=O. The van der Waals surface area contributed by atoms with Crippen molar-refractivity contribution in [3.05, 3.63) is 0 Å². The van der Waals surface area contributed by atoms with Crippen LogP contribution in [-0.4, -0.2) is 55.3 Å². The van der Waals surface area contributed by atoms with Crippen LogP contribution in [0.15, 0.2) is 4.99 Å². The normalized spacial score (nSPS) is 33.0. The van der Waals surface area contributed by atoms with Crippen molar-refractivity contribution in [2.45, 2.75) is 45.1 Å². The van der Waals surface area contributed by atoms with Crippen LogP contribution in [0.4, 0.5) is 0 Å². The zero-order valence-corrected chi connectivity index (χ0v) is 12.0. The summed E-state index contributed by atoms with van der Waals surface area (Å²) < 4.78 is 20.8. The van der Waals surface area contributed by atoms with E-state index in [4.69, 9.17) is 18.9 Å². The van der Waals surface area contributed by atoms with E-state index >= 15 is 0 Å². The van der Waals surface area contributed by atoms with Crippen LogP contribution in [0.1, 0.15) is 20.8 Å². The molecule has 0 spiro atoms. The highest BCUT2D eigenvalue weighted by Gasteiger charge is 2.57. The van der Waals surface area contributed by atoms with Gasteiger partial charge >= 0.3 is 17.9 Å². The highest BCUT2D eigenvalue weighted by atomic mass is 16.6. The molecule has 8 nitrogen and oxygen atoms in total. The predicted octanol–water partition coefficient (Wildman–Crippen LogP) is -0.162. The molecule has 2 aliphatic rings. The number of fused-ring (bicyclic) bond motifs is 1. The van der Waals surface area contributed by atoms with Crippen molar-refractivity contribution in [1.29, 1.82) is 0 Å². The highest BCUT2D eigenvalue weighted by molar-refractivity contribution is 5.68. The molecule has 21 heavy (non-hydrogen) atoms. The summed E-state index contributed by atoms with van der Waals surface area (Å²) in [5.41, 5.74) is 0. The number of ether oxygens (including phenoxy) is 4. The first-order valence-electron chi connectivity index (χ1n) is 6.55. The van der Waals surface area contributed by atoms with Gasteiger partial charge in [0.2, 0.25) is 0 Å². The smallest absolute Gasteiger partial charge is 0.303 e. The molecule has 0 saturated heterocycles. The topological polar surface area (TPSA) is 100 Å². The lowest BCUT2D eigenvalue weighted by atomic mass is 10.0. The Bertz CT molecular complexity index is 475. The third-order valence-electron chi connectivity index (χ3n) is 3.38. The number of nitrogens with zero attached hydrogens (tertiary/aromatic N) is 1. The summed E-state index contributed by atoms with van der Waals surface area (Å²) >= 11 is 0. The fourth-order valence-electron chi connectivity index (χ4n) is 2.67. The van der Waals surface area contributed by atoms with Crippen LogP contribution in [-0.2, 0) is 33.3 Å². The minimum Gasteiger partial charge on any atom is -0.477 e. The van der Waals surface area contributed by atoms with Gasteiger partial charge in [0.15, 0.2) is 18.6 Å². The van der Waals surface area contributed by atoms with Gasteiger partial charge in [-0.25, -0.2) is 4.99 Å². The maximum absolute atomic E-state index is 11.3. The van der Waals surface area contributed by atoms with E-state index in [0.29, 0.717) is 0 Å². The lowest BCUT2D eigenvalue weighted by Gasteiger charge is -2.24. The molecular formula is C13H17NO7. The van der Waals surface area contributed by atoms with Crippen LogP contribution in [0, 0.1) is 5.92 Å². The monoisotopic (exact) mass is 299 g/mol. The average molecular weight is 299 g/mol. The van der Waals surface area contributed by atoms with Crippen LogP contribution in [0.3, 0.4) is 0 Å². The van der Waals surface area contributed by atoms with Gasteiger partial charge in [0.1, 0.15) is 18.8 Å². The van der Waals surface area contributed by atoms with Crippen LogP contribution in [0.25, 0.3) is 0 Å². The Morgan fingerprint density at radius 3 is 2.24 bits per heavy atom. The maximum Gasteiger partial charge on any atom is 0.303 e. The Morgan fingerprint density at radius 1 is 1.05 bits per heavy atom. The fourth-order valence-corrected chi connectivity index (χ4v) is 2.67. The number of aliphatic imine (C=N–C) groups is 1. The second-order valence-electron chi connectivity index (χ2n) is 4.96. The summed E-state index contributed by atoms with van der Waals surface area (Å²) in [4.78, 5) is 37.6. The molecule has 1 aliphatic carbocycles. The molecule has 0 N–H and O–H groups in total. The molecule has 1 aliphatic heterocycles. The maximum atomic E-state index is 11.3. The van der Waals surface area contributed by atoms with Gasteiger partial charge in [-0.1, -0.05) is 0 Å². The first-order valence-corrected chi connectivity index (χ1v) is 6.55. The molecule has 2 rings (SSSR count). The second kappa shape index (κ2) is 6.11. The Morgan fingerprint density at radius 2 is 1.67 bits per heavy atom.